The fourth-order valence-electron chi connectivity index (χ4n) is 1.94. The van der Waals surface area contributed by atoms with E-state index in [4.69, 9.17) is 24.1 Å². The van der Waals surface area contributed by atoms with E-state index in [2.05, 4.69) is 0 Å². The van der Waals surface area contributed by atoms with Gasteiger partial charge in [-0.05, 0) is 13.8 Å². The molecule has 0 spiro atoms. The van der Waals surface area contributed by atoms with E-state index < -0.39 is 36.7 Å². The van der Waals surface area contributed by atoms with Crippen molar-refractivity contribution in [3.05, 3.63) is 0 Å². The smallest absolute Gasteiger partial charge is 0.335 e. The summed E-state index contributed by atoms with van der Waals surface area (Å²) < 4.78 is 20.8. The average Bonchev–Trinajstić information content (AvgIpc) is 2.30. The molecule has 0 amide bonds. The number of carboxylic acid groups (broad SMARTS) is 1. The summed E-state index contributed by atoms with van der Waals surface area (Å²) in [4.78, 5) is 11.0. The van der Waals surface area contributed by atoms with Gasteiger partial charge in [0.25, 0.3) is 0 Å². The number of aliphatic hydroxyl groups excluding tert-OH is 1. The molecule has 0 aromatic carbocycles. The molecule has 2 N–H and O–H groups in total. The van der Waals surface area contributed by atoms with Gasteiger partial charge in [-0.15, -0.1) is 0 Å². The summed E-state index contributed by atoms with van der Waals surface area (Å²) in [7, 11) is 2.67. The van der Waals surface area contributed by atoms with Crippen LogP contribution < -0.4 is 0 Å². The zero-order valence-electron chi connectivity index (χ0n) is 10.9. The van der Waals surface area contributed by atoms with Gasteiger partial charge in [-0.3, -0.25) is 0 Å². The van der Waals surface area contributed by atoms with Gasteiger partial charge in [0.1, 0.15) is 18.3 Å². The Labute approximate surface area is 106 Å². The summed E-state index contributed by atoms with van der Waals surface area (Å²) in [6.45, 7) is 3.59. The summed E-state index contributed by atoms with van der Waals surface area (Å²) in [5, 5.41) is 19.2. The van der Waals surface area contributed by atoms with E-state index >= 15 is 0 Å². The molecule has 0 radical (unpaired) electrons. The highest BCUT2D eigenvalue weighted by Crippen LogP contribution is 2.26. The first-order chi connectivity index (χ1) is 8.42. The highest BCUT2D eigenvalue weighted by molar-refractivity contribution is 5.73. The lowest BCUT2D eigenvalue weighted by molar-refractivity contribution is -0.304. The molecule has 0 aromatic heterocycles. The van der Waals surface area contributed by atoms with E-state index in [0.717, 1.165) is 0 Å². The Morgan fingerprint density at radius 3 is 2.22 bits per heavy atom. The summed E-state index contributed by atoms with van der Waals surface area (Å²) in [6.07, 6.45) is -5.34. The molecule has 7 nitrogen and oxygen atoms in total. The number of hydrogen-bond acceptors (Lipinski definition) is 6. The van der Waals surface area contributed by atoms with Crippen LogP contribution in [0.3, 0.4) is 0 Å². The SMILES string of the molecule is COC1OC(C(=O)O)C(OC)C(O)C1OC(C)C. The van der Waals surface area contributed by atoms with E-state index in [1.807, 2.05) is 0 Å². The second kappa shape index (κ2) is 6.44. The lowest BCUT2D eigenvalue weighted by atomic mass is 9.98. The number of rotatable bonds is 5. The van der Waals surface area contributed by atoms with Crippen LogP contribution in [-0.2, 0) is 23.7 Å². The van der Waals surface area contributed by atoms with E-state index in [9.17, 15) is 9.90 Å². The van der Waals surface area contributed by atoms with Crippen LogP contribution in [0.2, 0.25) is 0 Å². The third-order valence-electron chi connectivity index (χ3n) is 2.70. The molecule has 0 saturated carbocycles. The maximum atomic E-state index is 11.0. The molecule has 18 heavy (non-hydrogen) atoms. The lowest BCUT2D eigenvalue weighted by Gasteiger charge is -2.42. The molecular weight excluding hydrogens is 244 g/mol. The van der Waals surface area contributed by atoms with Gasteiger partial charge in [-0.1, -0.05) is 0 Å². The first-order valence-corrected chi connectivity index (χ1v) is 5.69. The maximum absolute atomic E-state index is 11.0. The van der Waals surface area contributed by atoms with Crippen LogP contribution in [0.5, 0.6) is 0 Å². The van der Waals surface area contributed by atoms with Crippen molar-refractivity contribution in [3.63, 3.8) is 0 Å². The van der Waals surface area contributed by atoms with Crippen molar-refractivity contribution in [3.8, 4) is 0 Å². The predicted octanol–water partition coefficient (Wildman–Crippen LogP) is -0.388. The minimum absolute atomic E-state index is 0.162. The number of aliphatic carboxylic acids is 1. The van der Waals surface area contributed by atoms with Crippen LogP contribution >= 0.6 is 0 Å². The standard InChI is InChI=1S/C11H20O7/c1-5(2)17-8-6(12)7(15-3)9(10(13)14)18-11(8)16-4/h5-9,11-12H,1-4H3,(H,13,14). The first kappa shape index (κ1) is 15.3. The number of carbonyl (C=O) groups is 1. The zero-order valence-corrected chi connectivity index (χ0v) is 10.9. The summed E-state index contributed by atoms with van der Waals surface area (Å²) in [5.41, 5.74) is 0. The fraction of sp³-hybridized carbons (Fsp3) is 0.909. The Bertz CT molecular complexity index is 281. The minimum Gasteiger partial charge on any atom is -0.479 e. The van der Waals surface area contributed by atoms with Gasteiger partial charge in [0, 0.05) is 14.2 Å². The third-order valence-corrected chi connectivity index (χ3v) is 2.70. The molecule has 5 unspecified atom stereocenters. The number of methoxy groups -OCH3 is 2. The van der Waals surface area contributed by atoms with Crippen LogP contribution in [-0.4, -0.2) is 67.2 Å². The average molecular weight is 264 g/mol. The van der Waals surface area contributed by atoms with Crippen molar-refractivity contribution in [1.29, 1.82) is 0 Å². The molecule has 5 atom stereocenters. The van der Waals surface area contributed by atoms with E-state index in [-0.39, 0.29) is 6.10 Å². The quantitative estimate of drug-likeness (QED) is 0.698. The highest BCUT2D eigenvalue weighted by Gasteiger charge is 2.49. The molecule has 0 bridgehead atoms. The molecule has 106 valence electrons. The van der Waals surface area contributed by atoms with E-state index in [1.54, 1.807) is 13.8 Å². The van der Waals surface area contributed by atoms with Crippen LogP contribution in [0, 0.1) is 0 Å². The first-order valence-electron chi connectivity index (χ1n) is 5.69. The Morgan fingerprint density at radius 2 is 1.83 bits per heavy atom. The van der Waals surface area contributed by atoms with Gasteiger partial charge in [-0.2, -0.15) is 0 Å². The molecule has 1 aliphatic rings. The van der Waals surface area contributed by atoms with Crippen LogP contribution in [0.25, 0.3) is 0 Å². The van der Waals surface area contributed by atoms with Crippen molar-refractivity contribution in [2.45, 2.75) is 50.7 Å². The number of ether oxygens (including phenoxy) is 4. The second-order valence-corrected chi connectivity index (χ2v) is 4.34. The Kier molecular flexibility index (Phi) is 5.48. The topological polar surface area (TPSA) is 94.5 Å². The van der Waals surface area contributed by atoms with Gasteiger partial charge in [0.15, 0.2) is 12.4 Å². The molecule has 1 heterocycles. The molecule has 1 rings (SSSR count). The normalized spacial score (nSPS) is 36.9. The monoisotopic (exact) mass is 264 g/mol. The van der Waals surface area contributed by atoms with Crippen molar-refractivity contribution in [2.24, 2.45) is 0 Å². The van der Waals surface area contributed by atoms with E-state index in [0.29, 0.717) is 0 Å². The van der Waals surface area contributed by atoms with Gasteiger partial charge in [0.2, 0.25) is 0 Å². The fourth-order valence-corrected chi connectivity index (χ4v) is 1.94. The van der Waals surface area contributed by atoms with Crippen LogP contribution in [0.15, 0.2) is 0 Å². The molecule has 7 heteroatoms. The van der Waals surface area contributed by atoms with Crippen molar-refractivity contribution in [2.75, 3.05) is 14.2 Å². The predicted molar refractivity (Wildman–Crippen MR) is 60.1 cm³/mol. The lowest BCUT2D eigenvalue weighted by Crippen LogP contribution is -2.61. The Hall–Kier alpha value is -0.730. The Morgan fingerprint density at radius 1 is 1.22 bits per heavy atom. The van der Waals surface area contributed by atoms with E-state index in [1.165, 1.54) is 14.2 Å². The van der Waals surface area contributed by atoms with Gasteiger partial charge in [-0.25, -0.2) is 4.79 Å². The summed E-state index contributed by atoms with van der Waals surface area (Å²) >= 11 is 0. The van der Waals surface area contributed by atoms with Crippen LogP contribution in [0.1, 0.15) is 13.8 Å². The molecule has 1 fully saturated rings. The number of hydrogen-bond donors (Lipinski definition) is 2. The maximum Gasteiger partial charge on any atom is 0.335 e. The minimum atomic E-state index is -1.29. The van der Waals surface area contributed by atoms with Crippen molar-refractivity contribution >= 4 is 5.97 Å². The molecule has 1 saturated heterocycles. The van der Waals surface area contributed by atoms with Crippen molar-refractivity contribution in [1.82, 2.24) is 0 Å². The summed E-state index contributed by atoms with van der Waals surface area (Å²) in [6, 6.07) is 0. The third kappa shape index (κ3) is 3.18. The number of carboxylic acids is 1. The summed E-state index contributed by atoms with van der Waals surface area (Å²) in [5.74, 6) is -1.22. The highest BCUT2D eigenvalue weighted by atomic mass is 16.7. The molecule has 1 aliphatic heterocycles. The molecule has 0 aromatic rings. The van der Waals surface area contributed by atoms with Gasteiger partial charge < -0.3 is 29.2 Å². The second-order valence-electron chi connectivity index (χ2n) is 4.34. The molecule has 0 aliphatic carbocycles. The number of aliphatic hydroxyl groups is 1. The van der Waals surface area contributed by atoms with Crippen LogP contribution in [0.4, 0.5) is 0 Å². The van der Waals surface area contributed by atoms with Gasteiger partial charge >= 0.3 is 5.97 Å². The largest absolute Gasteiger partial charge is 0.479 e. The van der Waals surface area contributed by atoms with Gasteiger partial charge in [0.05, 0.1) is 6.10 Å². The zero-order chi connectivity index (χ0) is 13.9. The molecular formula is C11H20O7. The van der Waals surface area contributed by atoms with Crippen molar-refractivity contribution < 1.29 is 34.0 Å². The Balaban J connectivity index is 2.90.